The molecule has 134 valence electrons. The molecule has 2 saturated heterocycles. The molecule has 2 aliphatic heterocycles. The number of fused-ring (bicyclic) bond motifs is 1. The van der Waals surface area contributed by atoms with Crippen LogP contribution in [0, 0.1) is 0 Å². The molecule has 1 aromatic rings. The topological polar surface area (TPSA) is 69.7 Å². The molecule has 3 rings (SSSR count). The van der Waals surface area contributed by atoms with Crippen LogP contribution in [0.15, 0.2) is 18.2 Å². The molecule has 0 unspecified atom stereocenters. The maximum absolute atomic E-state index is 12.7. The van der Waals surface area contributed by atoms with E-state index in [1.807, 2.05) is 6.92 Å². The number of piperazine rings is 2. The van der Waals surface area contributed by atoms with Crippen molar-refractivity contribution < 1.29 is 14.4 Å². The number of rotatable bonds is 3. The normalized spacial score (nSPS) is 23.3. The van der Waals surface area contributed by atoms with Gasteiger partial charge in [-0.3, -0.25) is 14.4 Å². The fourth-order valence-corrected chi connectivity index (χ4v) is 3.86. The van der Waals surface area contributed by atoms with E-state index in [4.69, 9.17) is 23.2 Å². The van der Waals surface area contributed by atoms with E-state index in [1.54, 1.807) is 28.0 Å². The minimum Gasteiger partial charge on any atom is -0.342 e. The number of carbonyl (C=O) groups is 3. The molecule has 3 amide bonds. The van der Waals surface area contributed by atoms with Gasteiger partial charge in [0.25, 0.3) is 5.91 Å². The fourth-order valence-electron chi connectivity index (χ4n) is 3.33. The molecule has 2 heterocycles. The lowest BCUT2D eigenvalue weighted by molar-refractivity contribution is -0.152. The Balaban J connectivity index is 1.75. The molecule has 0 saturated carbocycles. The summed E-state index contributed by atoms with van der Waals surface area (Å²) < 4.78 is 0. The van der Waals surface area contributed by atoms with Crippen molar-refractivity contribution in [1.29, 1.82) is 0 Å². The van der Waals surface area contributed by atoms with E-state index in [1.165, 1.54) is 0 Å². The average Bonchev–Trinajstić information content (AvgIpc) is 2.57. The lowest BCUT2D eigenvalue weighted by atomic mass is 10.0. The van der Waals surface area contributed by atoms with Crippen molar-refractivity contribution in [2.24, 2.45) is 0 Å². The highest BCUT2D eigenvalue weighted by molar-refractivity contribution is 6.35. The maximum Gasteiger partial charge on any atom is 0.254 e. The summed E-state index contributed by atoms with van der Waals surface area (Å²) in [5.74, 6) is -0.524. The summed E-state index contributed by atoms with van der Waals surface area (Å²) in [5, 5.41) is 3.53. The molecule has 8 heteroatoms. The predicted molar refractivity (Wildman–Crippen MR) is 94.7 cm³/mol. The minimum atomic E-state index is -0.645. The number of hydrogen-bond acceptors (Lipinski definition) is 3. The van der Waals surface area contributed by atoms with Crippen LogP contribution in [0.25, 0.3) is 0 Å². The van der Waals surface area contributed by atoms with Crippen LogP contribution in [-0.4, -0.2) is 59.2 Å². The van der Waals surface area contributed by atoms with Gasteiger partial charge in [-0.05, 0) is 24.6 Å². The van der Waals surface area contributed by atoms with Crippen molar-refractivity contribution in [3.63, 3.8) is 0 Å². The molecule has 25 heavy (non-hydrogen) atoms. The lowest BCUT2D eigenvalue weighted by Crippen LogP contribution is -2.69. The molecule has 1 N–H and O–H groups in total. The zero-order valence-corrected chi connectivity index (χ0v) is 15.3. The molecule has 2 fully saturated rings. The third-order valence-corrected chi connectivity index (χ3v) is 4.99. The van der Waals surface area contributed by atoms with Gasteiger partial charge in [0, 0.05) is 28.7 Å². The first-order chi connectivity index (χ1) is 11.9. The first kappa shape index (κ1) is 18.0. The second kappa shape index (κ2) is 7.22. The average molecular weight is 384 g/mol. The summed E-state index contributed by atoms with van der Waals surface area (Å²) >= 11 is 11.9. The third-order valence-electron chi connectivity index (χ3n) is 4.55. The molecule has 0 radical (unpaired) electrons. The molecular formula is C17H19Cl2N3O3. The fraction of sp³-hybridized carbons (Fsp3) is 0.471. The van der Waals surface area contributed by atoms with Crippen LogP contribution >= 0.6 is 23.2 Å². The Kier molecular flexibility index (Phi) is 5.20. The van der Waals surface area contributed by atoms with Crippen LogP contribution in [0.5, 0.6) is 0 Å². The van der Waals surface area contributed by atoms with Crippen molar-refractivity contribution in [1.82, 2.24) is 15.1 Å². The van der Waals surface area contributed by atoms with Crippen LogP contribution in [0.3, 0.4) is 0 Å². The summed E-state index contributed by atoms with van der Waals surface area (Å²) in [7, 11) is 0. The third kappa shape index (κ3) is 3.60. The van der Waals surface area contributed by atoms with Crippen molar-refractivity contribution in [3.8, 4) is 0 Å². The summed E-state index contributed by atoms with van der Waals surface area (Å²) in [6, 6.07) is 3.55. The number of amides is 3. The van der Waals surface area contributed by atoms with Gasteiger partial charge in [-0.15, -0.1) is 0 Å². The van der Waals surface area contributed by atoms with Crippen LogP contribution in [0.1, 0.15) is 30.1 Å². The molecular weight excluding hydrogens is 365 g/mol. The van der Waals surface area contributed by atoms with Crippen LogP contribution in [0.2, 0.25) is 10.0 Å². The van der Waals surface area contributed by atoms with Crippen molar-refractivity contribution in [2.45, 2.75) is 31.8 Å². The van der Waals surface area contributed by atoms with Crippen LogP contribution < -0.4 is 5.32 Å². The molecule has 0 aromatic heterocycles. The van der Waals surface area contributed by atoms with Gasteiger partial charge in [0.15, 0.2) is 0 Å². The van der Waals surface area contributed by atoms with E-state index in [0.717, 1.165) is 6.42 Å². The summed E-state index contributed by atoms with van der Waals surface area (Å²) in [6.45, 7) is 2.85. The molecule has 0 spiro atoms. The van der Waals surface area contributed by atoms with Gasteiger partial charge in [0.1, 0.15) is 12.1 Å². The van der Waals surface area contributed by atoms with E-state index in [-0.39, 0.29) is 24.3 Å². The van der Waals surface area contributed by atoms with Gasteiger partial charge in [-0.2, -0.15) is 0 Å². The van der Waals surface area contributed by atoms with E-state index >= 15 is 0 Å². The van der Waals surface area contributed by atoms with Gasteiger partial charge in [0.2, 0.25) is 11.8 Å². The maximum atomic E-state index is 12.7. The Morgan fingerprint density at radius 1 is 1.20 bits per heavy atom. The molecule has 6 nitrogen and oxygen atoms in total. The zero-order valence-electron chi connectivity index (χ0n) is 13.8. The molecule has 0 aliphatic carbocycles. The quantitative estimate of drug-likeness (QED) is 0.866. The predicted octanol–water partition coefficient (Wildman–Crippen LogP) is 1.94. The standard InChI is InChI=1S/C17H19Cl2N3O3/c1-2-3-13-17(25)22-5-4-21(9-14(22)15(23)20-13)16(24)10-6-11(18)8-12(19)7-10/h6-8,13-14H,2-5,9H2,1H3,(H,20,23)/t13-,14+/m0/s1. The number of carbonyl (C=O) groups excluding carboxylic acids is 3. The van der Waals surface area contributed by atoms with Crippen LogP contribution in [0.4, 0.5) is 0 Å². The van der Waals surface area contributed by atoms with Gasteiger partial charge in [-0.1, -0.05) is 36.5 Å². The molecule has 1 aromatic carbocycles. The first-order valence-corrected chi connectivity index (χ1v) is 9.02. The highest BCUT2D eigenvalue weighted by Gasteiger charge is 2.43. The van der Waals surface area contributed by atoms with E-state index in [2.05, 4.69) is 5.32 Å². The van der Waals surface area contributed by atoms with Crippen molar-refractivity contribution in [3.05, 3.63) is 33.8 Å². The Morgan fingerprint density at radius 2 is 1.88 bits per heavy atom. The van der Waals surface area contributed by atoms with E-state index < -0.39 is 12.1 Å². The molecule has 2 atom stereocenters. The van der Waals surface area contributed by atoms with E-state index in [0.29, 0.717) is 35.1 Å². The van der Waals surface area contributed by atoms with E-state index in [9.17, 15) is 14.4 Å². The SMILES string of the molecule is CCC[C@@H]1NC(=O)[C@H]2CN(C(=O)c3cc(Cl)cc(Cl)c3)CCN2C1=O. The Bertz CT molecular complexity index is 705. The summed E-state index contributed by atoms with van der Waals surface area (Å²) in [6.07, 6.45) is 1.44. The first-order valence-electron chi connectivity index (χ1n) is 8.27. The van der Waals surface area contributed by atoms with Crippen molar-refractivity contribution >= 4 is 40.9 Å². The second-order valence-electron chi connectivity index (χ2n) is 6.31. The number of halogens is 2. The number of nitrogens with zero attached hydrogens (tertiary/aromatic N) is 2. The van der Waals surface area contributed by atoms with Gasteiger partial charge in [-0.25, -0.2) is 0 Å². The Morgan fingerprint density at radius 3 is 2.52 bits per heavy atom. The highest BCUT2D eigenvalue weighted by atomic mass is 35.5. The largest absolute Gasteiger partial charge is 0.342 e. The van der Waals surface area contributed by atoms with Gasteiger partial charge in [0.05, 0.1) is 6.54 Å². The highest BCUT2D eigenvalue weighted by Crippen LogP contribution is 2.23. The summed E-state index contributed by atoms with van der Waals surface area (Å²) in [4.78, 5) is 40.8. The zero-order chi connectivity index (χ0) is 18.1. The van der Waals surface area contributed by atoms with Crippen molar-refractivity contribution in [2.75, 3.05) is 19.6 Å². The van der Waals surface area contributed by atoms with Crippen LogP contribution in [-0.2, 0) is 9.59 Å². The molecule has 0 bridgehead atoms. The number of nitrogens with one attached hydrogen (secondary N) is 1. The lowest BCUT2D eigenvalue weighted by Gasteiger charge is -2.45. The second-order valence-corrected chi connectivity index (χ2v) is 7.18. The minimum absolute atomic E-state index is 0.0654. The Hall–Kier alpha value is -1.79. The monoisotopic (exact) mass is 383 g/mol. The molecule has 2 aliphatic rings. The smallest absolute Gasteiger partial charge is 0.254 e. The number of hydrogen-bond donors (Lipinski definition) is 1. The van der Waals surface area contributed by atoms with Gasteiger partial charge >= 0.3 is 0 Å². The summed E-state index contributed by atoms with van der Waals surface area (Å²) in [5.41, 5.74) is 0.373. The number of benzene rings is 1. The van der Waals surface area contributed by atoms with Gasteiger partial charge < -0.3 is 15.1 Å². The Labute approximate surface area is 156 Å².